The van der Waals surface area contributed by atoms with Crippen LogP contribution in [0.4, 0.5) is 0 Å². The summed E-state index contributed by atoms with van der Waals surface area (Å²) < 4.78 is 23.9. The number of hydrogen-bond acceptors (Lipinski definition) is 6. The summed E-state index contributed by atoms with van der Waals surface area (Å²) in [4.78, 5) is 12.5. The summed E-state index contributed by atoms with van der Waals surface area (Å²) in [5.41, 5.74) is 1.50. The number of phenolic OH excluding ortho intramolecular Hbond substituents is 1. The number of carbonyl (C=O) groups excluding carboxylic acids is 1. The largest absolute Gasteiger partial charge is 0.508 e. The number of phenols is 1. The predicted molar refractivity (Wildman–Crippen MR) is 117 cm³/mol. The molecule has 1 spiro atoms. The van der Waals surface area contributed by atoms with Crippen LogP contribution in [0.2, 0.25) is 0 Å². The van der Waals surface area contributed by atoms with Gasteiger partial charge < -0.3 is 24.1 Å². The molecule has 4 rings (SSSR count). The maximum absolute atomic E-state index is 12.5. The minimum Gasteiger partial charge on any atom is -0.508 e. The Bertz CT molecular complexity index is 865. The second-order valence-corrected chi connectivity index (χ2v) is 9.28. The molecule has 1 aliphatic carbocycles. The number of epoxide rings is 2. The van der Waals surface area contributed by atoms with Crippen LogP contribution in [0, 0.1) is 5.92 Å². The number of rotatable bonds is 7. The molecular weight excluding hydrogens is 396 g/mol. The Morgan fingerprint density at radius 1 is 1.29 bits per heavy atom. The molecule has 3 fully saturated rings. The highest BCUT2D eigenvalue weighted by molar-refractivity contribution is 5.87. The van der Waals surface area contributed by atoms with Crippen molar-refractivity contribution in [2.45, 2.75) is 69.5 Å². The molecule has 31 heavy (non-hydrogen) atoms. The van der Waals surface area contributed by atoms with Gasteiger partial charge in [-0.15, -0.1) is 0 Å². The lowest BCUT2D eigenvalue weighted by atomic mass is 9.68. The lowest BCUT2D eigenvalue weighted by molar-refractivity contribution is -0.166. The van der Waals surface area contributed by atoms with E-state index in [-0.39, 0.29) is 41.2 Å². The molecule has 0 amide bonds. The second-order valence-electron chi connectivity index (χ2n) is 9.28. The maximum atomic E-state index is 12.5. The van der Waals surface area contributed by atoms with Crippen LogP contribution in [-0.2, 0) is 23.7 Å². The Balaban J connectivity index is 1.45. The summed E-state index contributed by atoms with van der Waals surface area (Å²) in [7, 11) is 1.67. The van der Waals surface area contributed by atoms with Crippen molar-refractivity contribution in [1.29, 1.82) is 0 Å². The number of methoxy groups -OCH3 is 1. The van der Waals surface area contributed by atoms with Crippen LogP contribution >= 0.6 is 0 Å². The first-order chi connectivity index (χ1) is 14.8. The zero-order chi connectivity index (χ0) is 22.2. The molecule has 1 N–H and O–H groups in total. The van der Waals surface area contributed by atoms with E-state index in [9.17, 15) is 9.90 Å². The van der Waals surface area contributed by atoms with Crippen molar-refractivity contribution in [2.75, 3.05) is 13.7 Å². The molecule has 1 unspecified atom stereocenters. The van der Waals surface area contributed by atoms with Crippen LogP contribution in [0.3, 0.4) is 0 Å². The van der Waals surface area contributed by atoms with E-state index in [1.54, 1.807) is 37.5 Å². The first kappa shape index (κ1) is 22.1. The number of carbonyl (C=O) groups is 1. The smallest absolute Gasteiger partial charge is 0.331 e. The van der Waals surface area contributed by atoms with Gasteiger partial charge in [0.15, 0.2) is 0 Å². The van der Waals surface area contributed by atoms with Gasteiger partial charge in [-0.05, 0) is 63.8 Å². The molecule has 1 aromatic carbocycles. The summed E-state index contributed by atoms with van der Waals surface area (Å²) >= 11 is 0. The SMILES string of the molecule is CO[C@H]1C([C@@]2(C)O[C@@H]2CC=C(C)C)[C@]2(CC[C@H]1OC(=O)/C=C/c1ccc(O)cc1)CO2. The van der Waals surface area contributed by atoms with Crippen LogP contribution in [0.1, 0.15) is 45.6 Å². The van der Waals surface area contributed by atoms with Gasteiger partial charge in [0.25, 0.3) is 0 Å². The van der Waals surface area contributed by atoms with Crippen molar-refractivity contribution in [3.05, 3.63) is 47.6 Å². The molecule has 168 valence electrons. The monoisotopic (exact) mass is 428 g/mol. The summed E-state index contributed by atoms with van der Waals surface area (Å²) in [6.45, 7) is 7.01. The average Bonchev–Trinajstić information content (AvgIpc) is 3.65. The summed E-state index contributed by atoms with van der Waals surface area (Å²) in [5.74, 6) is -0.214. The summed E-state index contributed by atoms with van der Waals surface area (Å²) in [6, 6.07) is 6.63. The molecule has 1 aromatic rings. The van der Waals surface area contributed by atoms with E-state index in [1.165, 1.54) is 11.6 Å². The molecule has 6 atom stereocenters. The van der Waals surface area contributed by atoms with E-state index < -0.39 is 5.97 Å². The standard InChI is InChI=1S/C25H32O6/c1-16(2)5-11-20-24(3,31-20)23-22(28-4)19(13-14-25(23)15-29-25)30-21(27)12-8-17-6-9-18(26)10-7-17/h5-10,12,19-20,22-23,26H,11,13-15H2,1-4H3/b12-8+/t19-,20-,22-,23?,24+,25+/m1/s1. The Hall–Kier alpha value is -2.15. The predicted octanol–water partition coefficient (Wildman–Crippen LogP) is 4.03. The zero-order valence-corrected chi connectivity index (χ0v) is 18.7. The Labute approximate surface area is 183 Å². The highest BCUT2D eigenvalue weighted by Gasteiger charge is 2.72. The van der Waals surface area contributed by atoms with Crippen molar-refractivity contribution in [2.24, 2.45) is 5.92 Å². The van der Waals surface area contributed by atoms with E-state index in [0.29, 0.717) is 13.0 Å². The quantitative estimate of drug-likeness (QED) is 0.306. The van der Waals surface area contributed by atoms with Crippen molar-refractivity contribution >= 4 is 12.0 Å². The molecule has 1 saturated carbocycles. The maximum Gasteiger partial charge on any atom is 0.331 e. The van der Waals surface area contributed by atoms with Gasteiger partial charge in [0.2, 0.25) is 0 Å². The van der Waals surface area contributed by atoms with Crippen LogP contribution in [0.5, 0.6) is 5.75 Å². The fourth-order valence-electron chi connectivity index (χ4n) is 5.01. The molecule has 0 aromatic heterocycles. The molecule has 3 aliphatic rings. The van der Waals surface area contributed by atoms with Gasteiger partial charge in [0, 0.05) is 13.2 Å². The van der Waals surface area contributed by atoms with Gasteiger partial charge in [0.05, 0.1) is 18.6 Å². The second kappa shape index (κ2) is 8.41. The summed E-state index contributed by atoms with van der Waals surface area (Å²) in [6.07, 6.45) is 7.16. The van der Waals surface area contributed by atoms with E-state index in [1.807, 2.05) is 0 Å². The molecule has 2 saturated heterocycles. The lowest BCUT2D eigenvalue weighted by Crippen LogP contribution is -2.55. The summed E-state index contributed by atoms with van der Waals surface area (Å²) in [5, 5.41) is 9.38. The third-order valence-electron chi connectivity index (χ3n) is 6.81. The lowest BCUT2D eigenvalue weighted by Gasteiger charge is -2.42. The van der Waals surface area contributed by atoms with Crippen LogP contribution in [0.25, 0.3) is 6.08 Å². The number of ether oxygens (including phenoxy) is 4. The number of hydrogen-bond donors (Lipinski definition) is 1. The molecule has 0 bridgehead atoms. The van der Waals surface area contributed by atoms with E-state index in [2.05, 4.69) is 26.8 Å². The van der Waals surface area contributed by atoms with Gasteiger partial charge in [-0.3, -0.25) is 0 Å². The highest BCUT2D eigenvalue weighted by Crippen LogP contribution is 2.59. The third-order valence-corrected chi connectivity index (χ3v) is 6.81. The normalized spacial score (nSPS) is 36.4. The molecule has 2 aliphatic heterocycles. The topological polar surface area (TPSA) is 80.8 Å². The Kier molecular flexibility index (Phi) is 5.99. The van der Waals surface area contributed by atoms with Crippen LogP contribution in [-0.4, -0.2) is 54.3 Å². The zero-order valence-electron chi connectivity index (χ0n) is 18.7. The van der Waals surface area contributed by atoms with Gasteiger partial charge >= 0.3 is 5.97 Å². The van der Waals surface area contributed by atoms with Crippen molar-refractivity contribution in [3.63, 3.8) is 0 Å². The van der Waals surface area contributed by atoms with Crippen molar-refractivity contribution in [1.82, 2.24) is 0 Å². The fourth-order valence-corrected chi connectivity index (χ4v) is 5.01. The first-order valence-electron chi connectivity index (χ1n) is 10.9. The third kappa shape index (κ3) is 4.56. The molecular formula is C25H32O6. The van der Waals surface area contributed by atoms with Crippen molar-refractivity contribution in [3.8, 4) is 5.75 Å². The van der Waals surface area contributed by atoms with E-state index >= 15 is 0 Å². The number of benzene rings is 1. The fraction of sp³-hybridized carbons (Fsp3) is 0.560. The van der Waals surface area contributed by atoms with Crippen molar-refractivity contribution < 1.29 is 28.8 Å². The minimum absolute atomic E-state index is 0.00758. The number of allylic oxidation sites excluding steroid dienone is 1. The average molecular weight is 429 g/mol. The molecule has 6 nitrogen and oxygen atoms in total. The first-order valence-corrected chi connectivity index (χ1v) is 10.9. The Morgan fingerprint density at radius 3 is 2.61 bits per heavy atom. The van der Waals surface area contributed by atoms with Gasteiger partial charge in [0.1, 0.15) is 29.2 Å². The van der Waals surface area contributed by atoms with Crippen LogP contribution in [0.15, 0.2) is 42.0 Å². The number of esters is 1. The van der Waals surface area contributed by atoms with Gasteiger partial charge in [-0.1, -0.05) is 23.8 Å². The van der Waals surface area contributed by atoms with Gasteiger partial charge in [-0.2, -0.15) is 0 Å². The molecule has 2 heterocycles. The molecule has 0 radical (unpaired) electrons. The van der Waals surface area contributed by atoms with E-state index in [4.69, 9.17) is 18.9 Å². The van der Waals surface area contributed by atoms with Crippen LogP contribution < -0.4 is 0 Å². The molecule has 6 heteroatoms. The van der Waals surface area contributed by atoms with Gasteiger partial charge in [-0.25, -0.2) is 4.79 Å². The van der Waals surface area contributed by atoms with E-state index in [0.717, 1.165) is 18.4 Å². The number of aromatic hydroxyl groups is 1. The minimum atomic E-state index is -0.408. The Morgan fingerprint density at radius 2 is 2.00 bits per heavy atom. The highest BCUT2D eigenvalue weighted by atomic mass is 16.6.